The van der Waals surface area contributed by atoms with Crippen LogP contribution in [0, 0.1) is 5.92 Å². The van der Waals surface area contributed by atoms with Gasteiger partial charge in [-0.25, -0.2) is 9.48 Å². The average molecular weight is 247 g/mol. The Morgan fingerprint density at radius 1 is 1.44 bits per heavy atom. The number of aromatic nitrogens is 3. The zero-order valence-electron chi connectivity index (χ0n) is 10.8. The first kappa shape index (κ1) is 12.5. The Bertz CT molecular complexity index is 576. The van der Waals surface area contributed by atoms with E-state index in [0.717, 1.165) is 5.52 Å². The molecule has 0 radical (unpaired) electrons. The summed E-state index contributed by atoms with van der Waals surface area (Å²) in [6.07, 6.45) is 0.510. The lowest BCUT2D eigenvalue weighted by atomic mass is 9.91. The minimum atomic E-state index is -1.07. The number of carboxylic acids is 1. The van der Waals surface area contributed by atoms with Crippen molar-refractivity contribution >= 4 is 17.0 Å². The van der Waals surface area contributed by atoms with E-state index in [2.05, 4.69) is 10.3 Å². The highest BCUT2D eigenvalue weighted by molar-refractivity contribution is 5.81. The Balaban J connectivity index is 2.58. The van der Waals surface area contributed by atoms with Gasteiger partial charge < -0.3 is 5.11 Å². The predicted molar refractivity (Wildman–Crippen MR) is 68.3 cm³/mol. The highest BCUT2D eigenvalue weighted by atomic mass is 16.4. The van der Waals surface area contributed by atoms with Crippen molar-refractivity contribution < 1.29 is 9.90 Å². The molecular weight excluding hydrogens is 230 g/mol. The summed E-state index contributed by atoms with van der Waals surface area (Å²) in [6, 6.07) is 7.40. The fraction of sp³-hybridized carbons (Fsp3) is 0.462. The van der Waals surface area contributed by atoms with Gasteiger partial charge in [0.15, 0.2) is 5.54 Å². The zero-order valence-corrected chi connectivity index (χ0v) is 10.8. The molecule has 0 aliphatic heterocycles. The monoisotopic (exact) mass is 247 g/mol. The molecule has 0 amide bonds. The topological polar surface area (TPSA) is 68.0 Å². The number of fused-ring (bicyclic) bond motifs is 1. The third kappa shape index (κ3) is 1.96. The van der Waals surface area contributed by atoms with Crippen LogP contribution in [0.3, 0.4) is 0 Å². The molecule has 1 unspecified atom stereocenters. The van der Waals surface area contributed by atoms with Crippen LogP contribution in [0.4, 0.5) is 0 Å². The van der Waals surface area contributed by atoms with E-state index in [9.17, 15) is 9.90 Å². The number of hydrogen-bond donors (Lipinski definition) is 1. The molecule has 5 heteroatoms. The van der Waals surface area contributed by atoms with Crippen LogP contribution in [0.25, 0.3) is 11.0 Å². The van der Waals surface area contributed by atoms with Gasteiger partial charge in [-0.1, -0.05) is 31.2 Å². The molecule has 0 fully saturated rings. The quantitative estimate of drug-likeness (QED) is 0.900. The van der Waals surface area contributed by atoms with Crippen LogP contribution in [-0.4, -0.2) is 26.1 Å². The molecular formula is C13H17N3O2. The number of carbonyl (C=O) groups is 1. The van der Waals surface area contributed by atoms with E-state index in [4.69, 9.17) is 0 Å². The third-order valence-electron chi connectivity index (χ3n) is 3.09. The van der Waals surface area contributed by atoms with E-state index in [1.807, 2.05) is 38.1 Å². The number of aliphatic carboxylic acids is 1. The van der Waals surface area contributed by atoms with E-state index >= 15 is 0 Å². The molecule has 0 aliphatic rings. The van der Waals surface area contributed by atoms with Gasteiger partial charge >= 0.3 is 5.97 Å². The van der Waals surface area contributed by atoms with Crippen molar-refractivity contribution in [3.05, 3.63) is 24.3 Å². The zero-order chi connectivity index (χ0) is 13.3. The SMILES string of the molecule is CC(C)CC(C)(C(=O)O)n1nnc2ccccc21. The smallest absolute Gasteiger partial charge is 0.331 e. The van der Waals surface area contributed by atoms with Crippen molar-refractivity contribution in [2.45, 2.75) is 32.7 Å². The van der Waals surface area contributed by atoms with Crippen LogP contribution < -0.4 is 0 Å². The molecule has 1 heterocycles. The van der Waals surface area contributed by atoms with E-state index < -0.39 is 11.5 Å². The van der Waals surface area contributed by atoms with Crippen LogP contribution in [-0.2, 0) is 10.3 Å². The van der Waals surface area contributed by atoms with Gasteiger partial charge in [-0.2, -0.15) is 0 Å². The maximum Gasteiger partial charge on any atom is 0.331 e. The van der Waals surface area contributed by atoms with Gasteiger partial charge in [0.2, 0.25) is 0 Å². The van der Waals surface area contributed by atoms with Crippen molar-refractivity contribution in [3.63, 3.8) is 0 Å². The van der Waals surface area contributed by atoms with Gasteiger partial charge in [-0.15, -0.1) is 5.10 Å². The Labute approximate surface area is 105 Å². The molecule has 1 atom stereocenters. The van der Waals surface area contributed by atoms with Crippen molar-refractivity contribution in [1.29, 1.82) is 0 Å². The maximum absolute atomic E-state index is 11.6. The van der Waals surface area contributed by atoms with Crippen molar-refractivity contribution in [2.24, 2.45) is 5.92 Å². The van der Waals surface area contributed by atoms with Gasteiger partial charge in [-0.3, -0.25) is 0 Å². The molecule has 96 valence electrons. The van der Waals surface area contributed by atoms with Crippen LogP contribution >= 0.6 is 0 Å². The molecule has 1 aromatic carbocycles. The summed E-state index contributed by atoms with van der Waals surface area (Å²) in [5.41, 5.74) is 0.404. The molecule has 0 spiro atoms. The summed E-state index contributed by atoms with van der Waals surface area (Å²) in [7, 11) is 0. The van der Waals surface area contributed by atoms with Crippen LogP contribution in [0.5, 0.6) is 0 Å². The minimum Gasteiger partial charge on any atom is -0.479 e. The second-order valence-electron chi connectivity index (χ2n) is 5.17. The van der Waals surface area contributed by atoms with Crippen LogP contribution in [0.2, 0.25) is 0 Å². The minimum absolute atomic E-state index is 0.258. The maximum atomic E-state index is 11.6. The molecule has 0 saturated carbocycles. The first-order valence-electron chi connectivity index (χ1n) is 5.99. The lowest BCUT2D eigenvalue weighted by Gasteiger charge is -2.27. The van der Waals surface area contributed by atoms with E-state index in [-0.39, 0.29) is 5.92 Å². The first-order valence-corrected chi connectivity index (χ1v) is 5.99. The van der Waals surface area contributed by atoms with Gasteiger partial charge in [0.05, 0.1) is 5.52 Å². The van der Waals surface area contributed by atoms with Crippen LogP contribution in [0.15, 0.2) is 24.3 Å². The Morgan fingerprint density at radius 2 is 2.11 bits per heavy atom. The van der Waals surface area contributed by atoms with E-state index in [1.54, 1.807) is 6.92 Å². The van der Waals surface area contributed by atoms with Gasteiger partial charge in [0, 0.05) is 0 Å². The summed E-state index contributed by atoms with van der Waals surface area (Å²) in [5.74, 6) is -0.624. The molecule has 1 aromatic heterocycles. The van der Waals surface area contributed by atoms with E-state index in [1.165, 1.54) is 4.68 Å². The lowest BCUT2D eigenvalue weighted by Crippen LogP contribution is -2.41. The molecule has 2 aromatic rings. The fourth-order valence-corrected chi connectivity index (χ4v) is 2.29. The Hall–Kier alpha value is -1.91. The number of nitrogens with zero attached hydrogens (tertiary/aromatic N) is 3. The third-order valence-corrected chi connectivity index (χ3v) is 3.09. The highest BCUT2D eigenvalue weighted by Gasteiger charge is 2.38. The number of hydrogen-bond acceptors (Lipinski definition) is 3. The molecule has 2 rings (SSSR count). The molecule has 18 heavy (non-hydrogen) atoms. The van der Waals surface area contributed by atoms with Gasteiger partial charge in [-0.05, 0) is 31.4 Å². The fourth-order valence-electron chi connectivity index (χ4n) is 2.29. The second-order valence-corrected chi connectivity index (χ2v) is 5.17. The summed E-state index contributed by atoms with van der Waals surface area (Å²) in [5, 5.41) is 17.6. The Morgan fingerprint density at radius 3 is 2.72 bits per heavy atom. The molecule has 5 nitrogen and oxygen atoms in total. The van der Waals surface area contributed by atoms with Crippen molar-refractivity contribution in [3.8, 4) is 0 Å². The summed E-state index contributed by atoms with van der Waals surface area (Å²) >= 11 is 0. The molecule has 1 N–H and O–H groups in total. The normalized spacial score (nSPS) is 14.9. The average Bonchev–Trinajstić information content (AvgIpc) is 2.71. The Kier molecular flexibility index (Phi) is 3.07. The standard InChI is InChI=1S/C13H17N3O2/c1-9(2)8-13(3,12(17)18)16-11-7-5-4-6-10(11)14-15-16/h4-7,9H,8H2,1-3H3,(H,17,18). The predicted octanol–water partition coefficient (Wildman–Crippen LogP) is 2.28. The largest absolute Gasteiger partial charge is 0.479 e. The summed E-state index contributed by atoms with van der Waals surface area (Å²) in [4.78, 5) is 11.6. The van der Waals surface area contributed by atoms with Crippen LogP contribution in [0.1, 0.15) is 27.2 Å². The number of rotatable bonds is 4. The lowest BCUT2D eigenvalue weighted by molar-refractivity contribution is -0.148. The van der Waals surface area contributed by atoms with Crippen molar-refractivity contribution in [2.75, 3.05) is 0 Å². The van der Waals surface area contributed by atoms with E-state index in [0.29, 0.717) is 11.9 Å². The molecule has 0 bridgehead atoms. The molecule has 0 saturated heterocycles. The first-order chi connectivity index (χ1) is 8.45. The second kappa shape index (κ2) is 4.40. The summed E-state index contributed by atoms with van der Waals surface area (Å²) in [6.45, 7) is 5.69. The van der Waals surface area contributed by atoms with Gasteiger partial charge in [0.1, 0.15) is 5.52 Å². The number of carboxylic acid groups (broad SMARTS) is 1. The van der Waals surface area contributed by atoms with Gasteiger partial charge in [0.25, 0.3) is 0 Å². The number of para-hydroxylation sites is 1. The highest BCUT2D eigenvalue weighted by Crippen LogP contribution is 2.28. The molecule has 0 aliphatic carbocycles. The number of benzene rings is 1. The summed E-state index contributed by atoms with van der Waals surface area (Å²) < 4.78 is 1.52. The van der Waals surface area contributed by atoms with Crippen molar-refractivity contribution in [1.82, 2.24) is 15.0 Å².